The van der Waals surface area contributed by atoms with Crippen LogP contribution in [0.4, 0.5) is 0 Å². The zero-order valence-electron chi connectivity index (χ0n) is 70.3. The molecular formula is C88H104Cl3N11O25. The molecule has 0 spiro atoms. The number of primary amides is 1. The average molecular weight is 1820 g/mol. The maximum Gasteiger partial charge on any atom is 0.330 e. The van der Waals surface area contributed by atoms with Gasteiger partial charge in [0.25, 0.3) is 0 Å². The van der Waals surface area contributed by atoms with E-state index >= 15 is 24.0 Å². The normalized spacial score (nSPS) is 25.3. The van der Waals surface area contributed by atoms with Crippen LogP contribution in [0.5, 0.6) is 46.0 Å². The van der Waals surface area contributed by atoms with Gasteiger partial charge in [0.15, 0.2) is 29.9 Å². The molecule has 0 aliphatic carbocycles. The van der Waals surface area contributed by atoms with E-state index in [1.54, 1.807) is 26.0 Å². The molecule has 682 valence electrons. The largest absolute Gasteiger partial charge is 0.507 e. The summed E-state index contributed by atoms with van der Waals surface area (Å²) in [6.07, 6.45) is -15.0. The van der Waals surface area contributed by atoms with Crippen molar-refractivity contribution in [3.63, 3.8) is 0 Å². The minimum absolute atomic E-state index is 0.0916. The van der Waals surface area contributed by atoms with Gasteiger partial charge in [-0.1, -0.05) is 103 Å². The Morgan fingerprint density at radius 3 is 1.91 bits per heavy atom. The zero-order chi connectivity index (χ0) is 91.6. The molecule has 0 radical (unpaired) electrons. The maximum absolute atomic E-state index is 16.5. The van der Waals surface area contributed by atoms with Crippen molar-refractivity contribution in [1.82, 2.24) is 52.8 Å². The van der Waals surface area contributed by atoms with Crippen molar-refractivity contribution in [2.75, 3.05) is 73.9 Å². The van der Waals surface area contributed by atoms with Crippen LogP contribution in [0, 0.1) is 5.92 Å². The first kappa shape index (κ1) is 95.5. The lowest BCUT2D eigenvalue weighted by molar-refractivity contribution is -0.296. The number of benzene rings is 7. The molecule has 2 fully saturated rings. The zero-order valence-corrected chi connectivity index (χ0v) is 72.5. The predicted octanol–water partition coefficient (Wildman–Crippen LogP) is 4.62. The number of nitrogens with zero attached hydrogens (tertiary/aromatic N) is 1. The van der Waals surface area contributed by atoms with Crippen molar-refractivity contribution < 1.29 is 122 Å². The van der Waals surface area contributed by atoms with E-state index in [4.69, 9.17) is 78.4 Å². The molecule has 7 amide bonds. The smallest absolute Gasteiger partial charge is 0.330 e. The number of aliphatic hydroxyl groups is 5. The number of halogens is 3. The summed E-state index contributed by atoms with van der Waals surface area (Å²) in [6, 6.07) is 14.2. The van der Waals surface area contributed by atoms with Crippen molar-refractivity contribution in [2.24, 2.45) is 11.7 Å². The van der Waals surface area contributed by atoms with Crippen LogP contribution in [0.3, 0.4) is 0 Å². The number of carbonyl (C=O) groups excluding carboxylic acids is 7. The number of carboxylic acid groups (broad SMARTS) is 1. The van der Waals surface area contributed by atoms with Crippen LogP contribution < -0.4 is 67.8 Å². The minimum atomic E-state index is -2.34. The summed E-state index contributed by atoms with van der Waals surface area (Å²) in [6.45, 7) is 7.46. The van der Waals surface area contributed by atoms with E-state index in [9.17, 15) is 60.3 Å². The Hall–Kier alpha value is -10.6. The molecule has 7 aliphatic heterocycles. The fourth-order valence-corrected chi connectivity index (χ4v) is 16.2. The van der Waals surface area contributed by atoms with E-state index in [2.05, 4.69) is 47.9 Å². The molecule has 17 atom stereocenters. The number of rotatable bonds is 28. The number of phenols is 3. The summed E-state index contributed by atoms with van der Waals surface area (Å²) in [5.74, 6) is -15.5. The molecule has 11 bridgehead atoms. The second-order valence-electron chi connectivity index (χ2n) is 32.5. The molecule has 0 saturated carbocycles. The van der Waals surface area contributed by atoms with Gasteiger partial charge in [-0.3, -0.25) is 33.6 Å². The first-order valence-corrected chi connectivity index (χ1v) is 42.2. The van der Waals surface area contributed by atoms with Crippen molar-refractivity contribution in [3.8, 4) is 68.2 Å². The van der Waals surface area contributed by atoms with Crippen molar-refractivity contribution >= 4 is 82.1 Å². The molecule has 20 N–H and O–H groups in total. The van der Waals surface area contributed by atoms with E-state index in [1.165, 1.54) is 37.4 Å². The molecule has 2 saturated heterocycles. The number of aliphatic hydroxyl groups excluding tert-OH is 5. The van der Waals surface area contributed by atoms with Gasteiger partial charge in [0.05, 0.1) is 79.9 Å². The van der Waals surface area contributed by atoms with Gasteiger partial charge in [-0.05, 0) is 153 Å². The fourth-order valence-electron chi connectivity index (χ4n) is 15.6. The van der Waals surface area contributed by atoms with E-state index in [-0.39, 0.29) is 97.0 Å². The van der Waals surface area contributed by atoms with E-state index < -0.39 is 232 Å². The van der Waals surface area contributed by atoms with Gasteiger partial charge in [0, 0.05) is 59.9 Å². The van der Waals surface area contributed by atoms with E-state index in [1.807, 2.05) is 69.2 Å². The molecule has 0 aromatic heterocycles. The third-order valence-corrected chi connectivity index (χ3v) is 23.4. The number of nitrogens with two attached hydrogens (primary N) is 1. The highest BCUT2D eigenvalue weighted by Gasteiger charge is 2.51. The van der Waals surface area contributed by atoms with Crippen LogP contribution in [0.15, 0.2) is 121 Å². The lowest BCUT2D eigenvalue weighted by Crippen LogP contribution is -2.64. The number of nitrogens with one attached hydrogen (secondary N) is 9. The number of aliphatic carboxylic acids is 1. The molecule has 127 heavy (non-hydrogen) atoms. The number of carboxylic acids is 1. The number of hydrogen-bond acceptors (Lipinski definition) is 28. The van der Waals surface area contributed by atoms with Crippen LogP contribution in [-0.4, -0.2) is 245 Å². The van der Waals surface area contributed by atoms with Gasteiger partial charge >= 0.3 is 5.97 Å². The number of likely N-dealkylation sites (N-methyl/N-ethyl adjacent to an activating group) is 2. The number of amides is 7. The second-order valence-corrected chi connectivity index (χ2v) is 33.8. The summed E-state index contributed by atoms with van der Waals surface area (Å²) < 4.78 is 51.2. The molecule has 2 unspecified atom stereocenters. The van der Waals surface area contributed by atoms with E-state index in [0.29, 0.717) is 18.2 Å². The van der Waals surface area contributed by atoms with Crippen LogP contribution >= 0.6 is 34.8 Å². The lowest BCUT2D eigenvalue weighted by atomic mass is 9.84. The van der Waals surface area contributed by atoms with Crippen molar-refractivity contribution in [2.45, 2.75) is 163 Å². The number of aromatic hydroxyl groups is 3. The quantitative estimate of drug-likeness (QED) is 0.0297. The molecule has 7 aromatic carbocycles. The number of carbonyl (C=O) groups is 8. The molecule has 14 rings (SSSR count). The Labute approximate surface area is 745 Å². The Balaban J connectivity index is 1.01. The van der Waals surface area contributed by atoms with Crippen LogP contribution in [0.1, 0.15) is 116 Å². The molecule has 39 heteroatoms. The third kappa shape index (κ3) is 22.8. The number of fused-ring (bicyclic) bond motifs is 15. The SMILES string of the molecule is CN[C@H](CC(C)C)C(=O)N[C@H]1C(=O)N[C@@H](CC(N)=O)C(=O)N[C@H]2C(=O)N[C@H]3C(=O)N[C@H](C(=O)N[C@H](C(=O)O)c4cc(O)c(CNCCOCCOCCN(C)C)c(O)c4-c4cc3ccc4O)C(O)c3ccc(c(Cl)c3)Oc3cc2cc(c3O[C@H]2CO[C@H](CO)[C@H](O)[C@@H]2OC2C[C@](C)(NCc3ccc(-c4ccc(Cl)cc4)cc3)[C@H](O)[C@H](C)O2)Oc2ccc(cc2Cl)[C@H]1O. The first-order chi connectivity index (χ1) is 60.5. The van der Waals surface area contributed by atoms with Gasteiger partial charge in [0.2, 0.25) is 47.1 Å². The molecule has 7 heterocycles. The van der Waals surface area contributed by atoms with Gasteiger partial charge in [0.1, 0.15) is 89.5 Å². The third-order valence-electron chi connectivity index (χ3n) is 22.6. The summed E-state index contributed by atoms with van der Waals surface area (Å²) in [7, 11) is 5.28. The summed E-state index contributed by atoms with van der Waals surface area (Å²) in [5.41, 5.74) is 4.30. The number of phenolic OH excluding ortho intramolecular Hbond substituents is 3. The van der Waals surface area contributed by atoms with Crippen molar-refractivity contribution in [1.29, 1.82) is 0 Å². The highest BCUT2D eigenvalue weighted by molar-refractivity contribution is 6.32. The lowest BCUT2D eigenvalue weighted by Gasteiger charge is -2.48. The molecule has 7 aromatic rings. The van der Waals surface area contributed by atoms with Crippen LogP contribution in [0.25, 0.3) is 22.3 Å². The Morgan fingerprint density at radius 1 is 0.685 bits per heavy atom. The van der Waals surface area contributed by atoms with Gasteiger partial charge in [-0.15, -0.1) is 0 Å². The summed E-state index contributed by atoms with van der Waals surface area (Å²) >= 11 is 20.6. The van der Waals surface area contributed by atoms with Crippen LogP contribution in [0.2, 0.25) is 15.1 Å². The van der Waals surface area contributed by atoms with Crippen molar-refractivity contribution in [3.05, 3.63) is 175 Å². The first-order valence-electron chi connectivity index (χ1n) is 41.1. The fraction of sp³-hybridized carbons (Fsp3) is 0.432. The van der Waals surface area contributed by atoms with Gasteiger partial charge < -0.3 is 142 Å². The number of hydrogen-bond donors (Lipinski definition) is 19. The topological polar surface area (TPSA) is 530 Å². The standard InChI is InChI=1S/C88H104Cl3N11O25/c1-41(2)28-56(93-5)81(112)100-72-74(107)47-15-20-60(54(90)30-47)124-62-32-49-33-63(78(62)126-65-40-122-64(39-103)77(110)79(65)127-67-36-88(4,80(111)42(3)123-67)95-37-43-8-10-44(11-9-43)45-12-17-50(89)18-13-45)125-61-21-16-48(31-55(61)91)75(108)73-86(117)99-71(87(118)119)52-34-59(105)53(38-94-22-24-120-26-27-121-25-23-102(6)7)76(109)68(52)51-29-46(14-19-58(51)104)69(83(114)101-73)98-84(115)70(49)97-82(113)57(35-66(92)106)96-85(72)116/h8-21,29-34,41-42,56-57,64-65,67,69-75,77,79-80,93-95,103-105,107-111H,22-28,35-40H2,1-7H3,(H2,92,106)(H,96,116)(H,97,113)(H,98,115)(H,99,117)(H,100,112)(H,101,114)(H,118,119)/t42-,56+,57-,64+,65-,67?,69+,70+,71-,72+,73-,74+,75?,77-,79+,80+,88-/m0/s1. The monoisotopic (exact) mass is 1820 g/mol. The average Bonchev–Trinajstić information content (AvgIpc) is 0.753. The Morgan fingerprint density at radius 2 is 1.30 bits per heavy atom. The Bertz CT molecular complexity index is 5180. The van der Waals surface area contributed by atoms with Crippen LogP contribution in [-0.2, 0) is 75.1 Å². The van der Waals surface area contributed by atoms with E-state index in [0.717, 1.165) is 59.2 Å². The number of ether oxygens (including phenoxy) is 8. The van der Waals surface area contributed by atoms with Gasteiger partial charge in [-0.25, -0.2) is 4.79 Å². The highest BCUT2D eigenvalue weighted by Crippen LogP contribution is 2.51. The maximum atomic E-state index is 16.5. The molecule has 7 aliphatic rings. The highest BCUT2D eigenvalue weighted by atomic mass is 35.5. The Kier molecular flexibility index (Phi) is 31.7. The molecular weight excluding hydrogens is 1720 g/mol. The minimum Gasteiger partial charge on any atom is -0.507 e. The predicted molar refractivity (Wildman–Crippen MR) is 460 cm³/mol. The molecule has 36 nitrogen and oxygen atoms in total. The van der Waals surface area contributed by atoms with Gasteiger partial charge in [-0.2, -0.15) is 0 Å². The summed E-state index contributed by atoms with van der Waals surface area (Å²) in [4.78, 5) is 122. The second kappa shape index (κ2) is 42.1. The summed E-state index contributed by atoms with van der Waals surface area (Å²) in [5, 5.41) is 132.